The Bertz CT molecular complexity index is 757. The van der Waals surface area contributed by atoms with Crippen LogP contribution in [-0.2, 0) is 24.1 Å². The summed E-state index contributed by atoms with van der Waals surface area (Å²) < 4.78 is 0. The monoisotopic (exact) mass is 365 g/mol. The van der Waals surface area contributed by atoms with Gasteiger partial charge in [0.15, 0.2) is 0 Å². The van der Waals surface area contributed by atoms with Crippen molar-refractivity contribution in [3.8, 4) is 0 Å². The summed E-state index contributed by atoms with van der Waals surface area (Å²) >= 11 is 12.2. The maximum Gasteiger partial charge on any atom is 0.228 e. The van der Waals surface area contributed by atoms with Gasteiger partial charge in [0.2, 0.25) is 5.91 Å². The zero-order valence-electron chi connectivity index (χ0n) is 13.9. The minimum atomic E-state index is -0.128. The van der Waals surface area contributed by atoms with Crippen LogP contribution in [0.15, 0.2) is 18.2 Å². The Balaban J connectivity index is 1.73. The lowest BCUT2D eigenvalue weighted by Gasteiger charge is -2.26. The first-order chi connectivity index (χ1) is 11.5. The van der Waals surface area contributed by atoms with E-state index in [-0.39, 0.29) is 11.9 Å². The van der Waals surface area contributed by atoms with Gasteiger partial charge in [-0.05, 0) is 55.9 Å². The van der Waals surface area contributed by atoms with E-state index in [2.05, 4.69) is 10.2 Å². The van der Waals surface area contributed by atoms with Crippen LogP contribution in [0.25, 0.3) is 0 Å². The van der Waals surface area contributed by atoms with Crippen LogP contribution in [0, 0.1) is 0 Å². The number of halogens is 2. The van der Waals surface area contributed by atoms with E-state index in [1.807, 2.05) is 13.0 Å². The number of aromatic amines is 1. The van der Waals surface area contributed by atoms with E-state index in [0.717, 1.165) is 24.1 Å². The molecule has 1 aromatic heterocycles. The maximum atomic E-state index is 12.7. The molecule has 1 N–H and O–H groups in total. The summed E-state index contributed by atoms with van der Waals surface area (Å²) in [6.07, 6.45) is 4.71. The number of nitrogens with zero attached hydrogens (tertiary/aromatic N) is 2. The number of amides is 1. The van der Waals surface area contributed by atoms with Crippen molar-refractivity contribution >= 4 is 29.1 Å². The highest BCUT2D eigenvalue weighted by molar-refractivity contribution is 6.35. The Morgan fingerprint density at radius 3 is 2.83 bits per heavy atom. The summed E-state index contributed by atoms with van der Waals surface area (Å²) in [4.78, 5) is 14.4. The normalized spacial score (nSPS) is 15.0. The summed E-state index contributed by atoms with van der Waals surface area (Å²) in [6.45, 7) is 1.97. The van der Waals surface area contributed by atoms with Gasteiger partial charge in [0.05, 0.1) is 18.2 Å². The Labute approximate surface area is 152 Å². The number of likely N-dealkylation sites (N-methyl/N-ethyl adjacent to an activating group) is 1. The van der Waals surface area contributed by atoms with Crippen LogP contribution >= 0.6 is 23.2 Å². The predicted molar refractivity (Wildman–Crippen MR) is 96.6 cm³/mol. The molecular weight excluding hydrogens is 345 g/mol. The molecule has 1 aromatic carbocycles. The van der Waals surface area contributed by atoms with Crippen molar-refractivity contribution < 1.29 is 4.79 Å². The number of fused-ring (bicyclic) bond motifs is 1. The second-order valence-electron chi connectivity index (χ2n) is 6.36. The third-order valence-electron chi connectivity index (χ3n) is 4.85. The fraction of sp³-hybridized carbons (Fsp3) is 0.444. The first-order valence-corrected chi connectivity index (χ1v) is 8.98. The summed E-state index contributed by atoms with van der Waals surface area (Å²) in [7, 11) is 1.80. The van der Waals surface area contributed by atoms with Gasteiger partial charge in [0.1, 0.15) is 0 Å². The largest absolute Gasteiger partial charge is 0.339 e. The topological polar surface area (TPSA) is 49.0 Å². The molecular formula is C18H21Cl2N3O. The lowest BCUT2D eigenvalue weighted by molar-refractivity contribution is -0.131. The van der Waals surface area contributed by atoms with Crippen LogP contribution < -0.4 is 0 Å². The number of aromatic nitrogens is 2. The predicted octanol–water partition coefficient (Wildman–Crippen LogP) is 4.36. The van der Waals surface area contributed by atoms with Crippen LogP contribution in [0.1, 0.15) is 48.3 Å². The van der Waals surface area contributed by atoms with Gasteiger partial charge in [-0.1, -0.05) is 29.3 Å². The molecule has 1 atom stereocenters. The average Bonchev–Trinajstić information content (AvgIpc) is 2.97. The molecule has 128 valence electrons. The van der Waals surface area contributed by atoms with E-state index in [4.69, 9.17) is 23.2 Å². The number of aryl methyl sites for hydroxylation is 1. The van der Waals surface area contributed by atoms with Gasteiger partial charge in [0, 0.05) is 22.8 Å². The minimum absolute atomic E-state index is 0.0355. The van der Waals surface area contributed by atoms with Crippen LogP contribution in [0.3, 0.4) is 0 Å². The molecule has 3 rings (SSSR count). The van der Waals surface area contributed by atoms with Gasteiger partial charge in [-0.2, -0.15) is 5.10 Å². The van der Waals surface area contributed by atoms with E-state index in [1.54, 1.807) is 24.1 Å². The molecule has 0 radical (unpaired) electrons. The molecule has 0 unspecified atom stereocenters. The molecule has 24 heavy (non-hydrogen) atoms. The van der Waals surface area contributed by atoms with Crippen molar-refractivity contribution in [2.45, 2.75) is 45.1 Å². The van der Waals surface area contributed by atoms with E-state index in [0.29, 0.717) is 16.5 Å². The molecule has 6 heteroatoms. The zero-order chi connectivity index (χ0) is 17.3. The molecule has 0 bridgehead atoms. The van der Waals surface area contributed by atoms with Crippen molar-refractivity contribution in [3.05, 3.63) is 50.8 Å². The van der Waals surface area contributed by atoms with Crippen LogP contribution in [0.5, 0.6) is 0 Å². The maximum absolute atomic E-state index is 12.7. The van der Waals surface area contributed by atoms with Crippen molar-refractivity contribution in [1.82, 2.24) is 15.1 Å². The molecule has 1 heterocycles. The fourth-order valence-electron chi connectivity index (χ4n) is 3.23. The van der Waals surface area contributed by atoms with E-state index in [1.165, 1.54) is 24.1 Å². The molecule has 2 aromatic rings. The molecule has 1 amide bonds. The molecule has 1 aliphatic carbocycles. The van der Waals surface area contributed by atoms with E-state index in [9.17, 15) is 4.79 Å². The number of hydrogen-bond donors (Lipinski definition) is 1. The second-order valence-corrected chi connectivity index (χ2v) is 7.20. The quantitative estimate of drug-likeness (QED) is 0.874. The summed E-state index contributed by atoms with van der Waals surface area (Å²) in [6, 6.07) is 5.24. The molecule has 4 nitrogen and oxygen atoms in total. The van der Waals surface area contributed by atoms with Crippen LogP contribution in [0.4, 0.5) is 0 Å². The zero-order valence-corrected chi connectivity index (χ0v) is 15.4. The molecule has 0 aliphatic heterocycles. The highest BCUT2D eigenvalue weighted by atomic mass is 35.5. The number of carbonyl (C=O) groups is 1. The number of nitrogens with one attached hydrogen (secondary N) is 1. The third kappa shape index (κ3) is 3.45. The van der Waals surface area contributed by atoms with Gasteiger partial charge in [0.25, 0.3) is 0 Å². The number of rotatable bonds is 4. The number of H-pyrrole nitrogens is 1. The highest BCUT2D eigenvalue weighted by Crippen LogP contribution is 2.30. The van der Waals surface area contributed by atoms with E-state index < -0.39 is 0 Å². The smallest absolute Gasteiger partial charge is 0.228 e. The first kappa shape index (κ1) is 17.3. The summed E-state index contributed by atoms with van der Waals surface area (Å²) in [5, 5.41) is 8.62. The highest BCUT2D eigenvalue weighted by Gasteiger charge is 2.23. The van der Waals surface area contributed by atoms with E-state index >= 15 is 0 Å². The fourth-order valence-corrected chi connectivity index (χ4v) is 3.80. The Kier molecular flexibility index (Phi) is 5.16. The summed E-state index contributed by atoms with van der Waals surface area (Å²) in [5.74, 6) is 0.0355. The number of hydrogen-bond acceptors (Lipinski definition) is 2. The molecule has 0 saturated carbocycles. The van der Waals surface area contributed by atoms with Crippen LogP contribution in [0.2, 0.25) is 10.0 Å². The molecule has 1 aliphatic rings. The lowest BCUT2D eigenvalue weighted by atomic mass is 9.95. The molecule has 0 spiro atoms. The van der Waals surface area contributed by atoms with Crippen molar-refractivity contribution in [1.29, 1.82) is 0 Å². The van der Waals surface area contributed by atoms with Gasteiger partial charge in [-0.25, -0.2) is 0 Å². The van der Waals surface area contributed by atoms with Crippen molar-refractivity contribution in [3.63, 3.8) is 0 Å². The second kappa shape index (κ2) is 7.16. The van der Waals surface area contributed by atoms with Gasteiger partial charge < -0.3 is 4.90 Å². The van der Waals surface area contributed by atoms with Crippen molar-refractivity contribution in [2.75, 3.05) is 7.05 Å². The minimum Gasteiger partial charge on any atom is -0.339 e. The Hall–Kier alpha value is -1.52. The van der Waals surface area contributed by atoms with Gasteiger partial charge in [-0.3, -0.25) is 9.89 Å². The Morgan fingerprint density at radius 2 is 2.08 bits per heavy atom. The van der Waals surface area contributed by atoms with Crippen molar-refractivity contribution in [2.24, 2.45) is 0 Å². The standard InChI is InChI=1S/C18H21Cl2N3O/c1-11(13-8-7-12(19)9-15(13)20)23(2)18(24)10-17-14-5-3-4-6-16(14)21-22-17/h7-9,11H,3-6,10H2,1-2H3,(H,21,22)/t11-/m1/s1. The summed E-state index contributed by atoms with van der Waals surface area (Å²) in [5.41, 5.74) is 4.21. The van der Waals surface area contributed by atoms with Gasteiger partial charge in [-0.15, -0.1) is 0 Å². The molecule has 0 fully saturated rings. The van der Waals surface area contributed by atoms with Crippen LogP contribution in [-0.4, -0.2) is 28.1 Å². The lowest BCUT2D eigenvalue weighted by Crippen LogP contribution is -2.31. The number of benzene rings is 1. The third-order valence-corrected chi connectivity index (χ3v) is 5.41. The van der Waals surface area contributed by atoms with Gasteiger partial charge >= 0.3 is 0 Å². The first-order valence-electron chi connectivity index (χ1n) is 8.23. The Morgan fingerprint density at radius 1 is 1.33 bits per heavy atom. The SMILES string of the molecule is C[C@H](c1ccc(Cl)cc1Cl)N(C)C(=O)Cc1n[nH]c2c1CCCC2. The number of carbonyl (C=O) groups excluding carboxylic acids is 1. The molecule has 0 saturated heterocycles. The average molecular weight is 366 g/mol.